The van der Waals surface area contributed by atoms with Gasteiger partial charge in [0.15, 0.2) is 0 Å². The van der Waals surface area contributed by atoms with Crippen molar-refractivity contribution in [3.63, 3.8) is 0 Å². The summed E-state index contributed by atoms with van der Waals surface area (Å²) in [6.45, 7) is 8.92. The first kappa shape index (κ1) is 15.8. The maximum Gasteiger partial charge on any atom is 0.0452 e. The van der Waals surface area contributed by atoms with Crippen molar-refractivity contribution >= 4 is 23.2 Å². The van der Waals surface area contributed by atoms with Gasteiger partial charge in [0.05, 0.1) is 0 Å². The molecule has 0 fully saturated rings. The van der Waals surface area contributed by atoms with Crippen LogP contribution in [0.1, 0.15) is 32.8 Å². The van der Waals surface area contributed by atoms with Crippen molar-refractivity contribution in [3.05, 3.63) is 33.8 Å². The minimum atomic E-state index is 0.605. The van der Waals surface area contributed by atoms with Crippen LogP contribution < -0.4 is 5.32 Å². The highest BCUT2D eigenvalue weighted by Gasteiger charge is 2.14. The molecule has 0 saturated heterocycles. The Morgan fingerprint density at radius 2 is 1.89 bits per heavy atom. The van der Waals surface area contributed by atoms with Crippen LogP contribution in [0.3, 0.4) is 0 Å². The van der Waals surface area contributed by atoms with Crippen LogP contribution in [0.25, 0.3) is 0 Å². The van der Waals surface area contributed by atoms with Crippen molar-refractivity contribution in [2.45, 2.75) is 33.6 Å². The summed E-state index contributed by atoms with van der Waals surface area (Å²) in [5.41, 5.74) is 1.19. The Kier molecular flexibility index (Phi) is 7.06. The first-order chi connectivity index (χ1) is 8.54. The lowest BCUT2D eigenvalue weighted by Gasteiger charge is -2.21. The lowest BCUT2D eigenvalue weighted by Crippen LogP contribution is -2.26. The fourth-order valence-corrected chi connectivity index (χ4v) is 2.43. The van der Waals surface area contributed by atoms with E-state index in [0.717, 1.165) is 24.5 Å². The fraction of sp³-hybridized carbons (Fsp3) is 0.600. The molecule has 18 heavy (non-hydrogen) atoms. The number of nitrogens with one attached hydrogen (secondary N) is 1. The minimum Gasteiger partial charge on any atom is -0.316 e. The summed E-state index contributed by atoms with van der Waals surface area (Å²) >= 11 is 12.1. The molecule has 1 aromatic rings. The standard InChI is InChI=1S/C15H23Cl2N/c1-4-7-18-10-12(3)11(2)8-13-5-6-14(16)9-15(13)17/h5-6,9,11-12,18H,4,7-8,10H2,1-3H3. The lowest BCUT2D eigenvalue weighted by atomic mass is 9.89. The van der Waals surface area contributed by atoms with Gasteiger partial charge in [-0.05, 0) is 55.5 Å². The second kappa shape index (κ2) is 8.04. The minimum absolute atomic E-state index is 0.605. The summed E-state index contributed by atoms with van der Waals surface area (Å²) in [6, 6.07) is 5.77. The lowest BCUT2D eigenvalue weighted by molar-refractivity contribution is 0.365. The van der Waals surface area contributed by atoms with Gasteiger partial charge in [0.1, 0.15) is 0 Å². The molecule has 1 N–H and O–H groups in total. The van der Waals surface area contributed by atoms with Gasteiger partial charge < -0.3 is 5.32 Å². The van der Waals surface area contributed by atoms with Crippen molar-refractivity contribution < 1.29 is 0 Å². The van der Waals surface area contributed by atoms with Gasteiger partial charge in [-0.2, -0.15) is 0 Å². The largest absolute Gasteiger partial charge is 0.316 e. The van der Waals surface area contributed by atoms with E-state index in [-0.39, 0.29) is 0 Å². The van der Waals surface area contributed by atoms with E-state index in [0.29, 0.717) is 16.9 Å². The van der Waals surface area contributed by atoms with Gasteiger partial charge in [-0.15, -0.1) is 0 Å². The molecule has 2 unspecified atom stereocenters. The van der Waals surface area contributed by atoms with Crippen molar-refractivity contribution in [1.29, 1.82) is 0 Å². The summed E-state index contributed by atoms with van der Waals surface area (Å²) in [6.07, 6.45) is 2.19. The number of halogens is 2. The predicted octanol–water partition coefficient (Wildman–Crippen LogP) is 4.81. The molecular weight excluding hydrogens is 265 g/mol. The molecule has 1 aromatic carbocycles. The Hall–Kier alpha value is -0.240. The highest BCUT2D eigenvalue weighted by molar-refractivity contribution is 6.35. The molecule has 0 aliphatic rings. The predicted molar refractivity (Wildman–Crippen MR) is 81.7 cm³/mol. The summed E-state index contributed by atoms with van der Waals surface area (Å²) in [4.78, 5) is 0. The SMILES string of the molecule is CCCNCC(C)C(C)Cc1ccc(Cl)cc1Cl. The van der Waals surface area contributed by atoms with Crippen LogP contribution in [0.5, 0.6) is 0 Å². The number of hydrogen-bond acceptors (Lipinski definition) is 1. The van der Waals surface area contributed by atoms with E-state index in [9.17, 15) is 0 Å². The van der Waals surface area contributed by atoms with Crippen molar-refractivity contribution in [1.82, 2.24) is 5.32 Å². The highest BCUT2D eigenvalue weighted by atomic mass is 35.5. The molecule has 0 bridgehead atoms. The topological polar surface area (TPSA) is 12.0 Å². The quantitative estimate of drug-likeness (QED) is 0.710. The summed E-state index contributed by atoms with van der Waals surface area (Å²) in [5, 5.41) is 4.95. The molecule has 3 heteroatoms. The van der Waals surface area contributed by atoms with Crippen LogP contribution in [0.4, 0.5) is 0 Å². The molecule has 0 heterocycles. The maximum atomic E-state index is 6.21. The maximum absolute atomic E-state index is 6.21. The van der Waals surface area contributed by atoms with Gasteiger partial charge in [0.2, 0.25) is 0 Å². The van der Waals surface area contributed by atoms with Crippen molar-refractivity contribution in [3.8, 4) is 0 Å². The zero-order chi connectivity index (χ0) is 13.5. The normalized spacial score (nSPS) is 14.5. The van der Waals surface area contributed by atoms with Crippen molar-refractivity contribution in [2.75, 3.05) is 13.1 Å². The van der Waals surface area contributed by atoms with Gasteiger partial charge >= 0.3 is 0 Å². The van der Waals surface area contributed by atoms with E-state index in [1.807, 2.05) is 18.2 Å². The molecule has 1 rings (SSSR count). The highest BCUT2D eigenvalue weighted by Crippen LogP contribution is 2.25. The fourth-order valence-electron chi connectivity index (χ4n) is 1.94. The Balaban J connectivity index is 2.50. The molecule has 102 valence electrons. The molecule has 0 aromatic heterocycles. The third-order valence-electron chi connectivity index (χ3n) is 3.42. The van der Waals surface area contributed by atoms with E-state index < -0.39 is 0 Å². The van der Waals surface area contributed by atoms with Gasteiger partial charge in [-0.25, -0.2) is 0 Å². The molecule has 1 nitrogen and oxygen atoms in total. The second-order valence-corrected chi connectivity index (χ2v) is 5.94. The number of hydrogen-bond donors (Lipinski definition) is 1. The first-order valence-electron chi connectivity index (χ1n) is 6.69. The molecule has 0 radical (unpaired) electrons. The van der Waals surface area contributed by atoms with E-state index >= 15 is 0 Å². The molecule has 0 amide bonds. The van der Waals surface area contributed by atoms with Gasteiger partial charge in [-0.3, -0.25) is 0 Å². The molecule has 0 saturated carbocycles. The van der Waals surface area contributed by atoms with Crippen LogP contribution in [0.2, 0.25) is 10.0 Å². The Morgan fingerprint density at radius 3 is 2.50 bits per heavy atom. The number of rotatable bonds is 7. The average Bonchev–Trinajstić information content (AvgIpc) is 2.32. The third-order valence-corrected chi connectivity index (χ3v) is 4.01. The monoisotopic (exact) mass is 287 g/mol. The third kappa shape index (κ3) is 5.17. The Morgan fingerprint density at radius 1 is 1.17 bits per heavy atom. The number of benzene rings is 1. The smallest absolute Gasteiger partial charge is 0.0452 e. The zero-order valence-electron chi connectivity index (χ0n) is 11.5. The van der Waals surface area contributed by atoms with Gasteiger partial charge in [-0.1, -0.05) is 50.0 Å². The van der Waals surface area contributed by atoms with Crippen LogP contribution in [0, 0.1) is 11.8 Å². The molecule has 2 atom stereocenters. The summed E-state index contributed by atoms with van der Waals surface area (Å²) in [5.74, 6) is 1.25. The van der Waals surface area contributed by atoms with E-state index in [4.69, 9.17) is 23.2 Å². The van der Waals surface area contributed by atoms with Crippen LogP contribution >= 0.6 is 23.2 Å². The molecule has 0 spiro atoms. The van der Waals surface area contributed by atoms with E-state index in [1.165, 1.54) is 12.0 Å². The Labute approximate surface area is 121 Å². The molecule has 0 aliphatic heterocycles. The van der Waals surface area contributed by atoms with Gasteiger partial charge in [0.25, 0.3) is 0 Å². The molecule has 0 aliphatic carbocycles. The van der Waals surface area contributed by atoms with Gasteiger partial charge in [0, 0.05) is 10.0 Å². The van der Waals surface area contributed by atoms with Crippen LogP contribution in [-0.4, -0.2) is 13.1 Å². The molecular formula is C15H23Cl2N. The van der Waals surface area contributed by atoms with Crippen molar-refractivity contribution in [2.24, 2.45) is 11.8 Å². The first-order valence-corrected chi connectivity index (χ1v) is 7.44. The van der Waals surface area contributed by atoms with Crippen LogP contribution in [0.15, 0.2) is 18.2 Å². The van der Waals surface area contributed by atoms with E-state index in [2.05, 4.69) is 26.1 Å². The summed E-state index contributed by atoms with van der Waals surface area (Å²) in [7, 11) is 0. The van der Waals surface area contributed by atoms with E-state index in [1.54, 1.807) is 0 Å². The van der Waals surface area contributed by atoms with Crippen LogP contribution in [-0.2, 0) is 6.42 Å². The zero-order valence-corrected chi connectivity index (χ0v) is 13.0. The Bertz CT molecular complexity index is 366. The summed E-state index contributed by atoms with van der Waals surface area (Å²) < 4.78 is 0. The second-order valence-electron chi connectivity index (χ2n) is 5.10. The average molecular weight is 288 g/mol.